The molecule has 172 valence electrons. The van der Waals surface area contributed by atoms with Crippen molar-refractivity contribution in [2.45, 2.75) is 48.8 Å². The van der Waals surface area contributed by atoms with E-state index < -0.39 is 53.4 Å². The number of halogens is 11. The van der Waals surface area contributed by atoms with Gasteiger partial charge in [0, 0.05) is 0 Å². The third kappa shape index (κ3) is 4.18. The minimum Gasteiger partial charge on any atom is -0.465 e. The molecule has 1 unspecified atom stereocenters. The molecule has 0 aliphatic rings. The largest absolute Gasteiger partial charge is 0.465 e. The van der Waals surface area contributed by atoms with E-state index in [0.717, 1.165) is 25.3 Å². The first-order chi connectivity index (χ1) is 13.2. The maximum atomic E-state index is 13.9. The molecule has 0 saturated carbocycles. The summed E-state index contributed by atoms with van der Waals surface area (Å²) < 4.78 is 148. The molecular formula is C16H13F11O3. The Kier molecular flexibility index (Phi) is 6.51. The van der Waals surface area contributed by atoms with Crippen LogP contribution in [0.5, 0.6) is 0 Å². The molecule has 1 N–H and O–H groups in total. The summed E-state index contributed by atoms with van der Waals surface area (Å²) in [5, 5.41) is 10.1. The number of alkyl halides is 11. The standard InChI is InChI=1S/C16H13F11O3/c1-11(29,9-5-3-4-8(6-9)10(28)30-2)7-12(17,18)13(19,20)14(21,22)15(23,24)16(25,26)27/h3-6,29H,7H2,1-2H3. The van der Waals surface area contributed by atoms with E-state index in [9.17, 15) is 58.2 Å². The van der Waals surface area contributed by atoms with Crippen LogP contribution in [0.1, 0.15) is 29.3 Å². The van der Waals surface area contributed by atoms with Crippen LogP contribution in [0.15, 0.2) is 24.3 Å². The van der Waals surface area contributed by atoms with Crippen molar-refractivity contribution in [1.29, 1.82) is 0 Å². The summed E-state index contributed by atoms with van der Waals surface area (Å²) in [7, 11) is 0.908. The number of rotatable bonds is 7. The monoisotopic (exact) mass is 462 g/mol. The number of carbonyl (C=O) groups excluding carboxylic acids is 1. The Balaban J connectivity index is 3.38. The van der Waals surface area contributed by atoms with Gasteiger partial charge in [0.2, 0.25) is 0 Å². The third-order valence-electron chi connectivity index (χ3n) is 4.08. The van der Waals surface area contributed by atoms with Gasteiger partial charge in [-0.15, -0.1) is 0 Å². The number of carbonyl (C=O) groups is 1. The van der Waals surface area contributed by atoms with Gasteiger partial charge in [-0.3, -0.25) is 0 Å². The van der Waals surface area contributed by atoms with Crippen LogP contribution >= 0.6 is 0 Å². The molecule has 0 radical (unpaired) electrons. The molecule has 0 aliphatic heterocycles. The van der Waals surface area contributed by atoms with E-state index in [1.165, 1.54) is 0 Å². The average Bonchev–Trinajstić information content (AvgIpc) is 2.58. The van der Waals surface area contributed by atoms with E-state index >= 15 is 0 Å². The molecule has 1 atom stereocenters. The van der Waals surface area contributed by atoms with Gasteiger partial charge in [0.1, 0.15) is 0 Å². The first-order valence-corrected chi connectivity index (χ1v) is 7.65. The van der Waals surface area contributed by atoms with E-state index in [2.05, 4.69) is 4.74 Å². The van der Waals surface area contributed by atoms with Crippen LogP contribution in [0.2, 0.25) is 0 Å². The Bertz CT molecular complexity index is 785. The molecule has 1 rings (SSSR count). The molecule has 0 saturated heterocycles. The molecule has 0 fully saturated rings. The van der Waals surface area contributed by atoms with Crippen LogP contribution in [0.25, 0.3) is 0 Å². The molecule has 0 heterocycles. The lowest BCUT2D eigenvalue weighted by molar-refractivity contribution is -0.424. The maximum absolute atomic E-state index is 13.9. The maximum Gasteiger partial charge on any atom is 0.460 e. The van der Waals surface area contributed by atoms with Gasteiger partial charge in [-0.25, -0.2) is 4.79 Å². The minimum atomic E-state index is -7.56. The van der Waals surface area contributed by atoms with E-state index in [1.807, 2.05) is 0 Å². The Hall–Kier alpha value is -2.12. The average molecular weight is 462 g/mol. The topological polar surface area (TPSA) is 46.5 Å². The summed E-state index contributed by atoms with van der Waals surface area (Å²) in [6.07, 6.45) is -9.96. The number of aliphatic hydroxyl groups is 1. The zero-order chi connectivity index (χ0) is 24.0. The van der Waals surface area contributed by atoms with Gasteiger partial charge < -0.3 is 9.84 Å². The number of benzene rings is 1. The van der Waals surface area contributed by atoms with Crippen molar-refractivity contribution < 1.29 is 62.9 Å². The number of esters is 1. The summed E-state index contributed by atoms with van der Waals surface area (Å²) >= 11 is 0. The van der Waals surface area contributed by atoms with Crippen LogP contribution in [0.3, 0.4) is 0 Å². The zero-order valence-electron chi connectivity index (χ0n) is 14.9. The quantitative estimate of drug-likeness (QED) is 0.449. The van der Waals surface area contributed by atoms with E-state index in [4.69, 9.17) is 0 Å². The fourth-order valence-electron chi connectivity index (χ4n) is 2.35. The lowest BCUT2D eigenvalue weighted by atomic mass is 9.84. The molecule has 30 heavy (non-hydrogen) atoms. The molecule has 0 amide bonds. The fraction of sp³-hybridized carbons (Fsp3) is 0.562. The Morgan fingerprint density at radius 3 is 1.83 bits per heavy atom. The van der Waals surface area contributed by atoms with Crippen molar-refractivity contribution in [1.82, 2.24) is 0 Å². The second kappa shape index (κ2) is 7.54. The summed E-state index contributed by atoms with van der Waals surface area (Å²) in [6, 6.07) is 3.45. The Morgan fingerprint density at radius 2 is 1.40 bits per heavy atom. The van der Waals surface area contributed by atoms with Gasteiger partial charge in [-0.05, 0) is 24.6 Å². The molecule has 0 spiro atoms. The van der Waals surface area contributed by atoms with E-state index in [1.54, 1.807) is 0 Å². The van der Waals surface area contributed by atoms with Gasteiger partial charge in [-0.2, -0.15) is 48.3 Å². The summed E-state index contributed by atoms with van der Waals surface area (Å²) in [6.45, 7) is 0.382. The Morgan fingerprint density at radius 1 is 0.900 bits per heavy atom. The zero-order valence-corrected chi connectivity index (χ0v) is 14.9. The van der Waals surface area contributed by atoms with Gasteiger partial charge in [0.15, 0.2) is 0 Å². The molecular weight excluding hydrogens is 449 g/mol. The first kappa shape index (κ1) is 25.9. The molecule has 0 bridgehead atoms. The Labute approximate surface area is 161 Å². The van der Waals surface area contributed by atoms with Crippen LogP contribution < -0.4 is 0 Å². The molecule has 3 nitrogen and oxygen atoms in total. The summed E-state index contributed by atoms with van der Waals surface area (Å²) in [5.41, 5.74) is -4.29. The fourth-order valence-corrected chi connectivity index (χ4v) is 2.35. The highest BCUT2D eigenvalue weighted by atomic mass is 19.4. The summed E-state index contributed by atoms with van der Waals surface area (Å²) in [4.78, 5) is 11.4. The summed E-state index contributed by atoms with van der Waals surface area (Å²) in [5.74, 6) is -29.6. The highest BCUT2D eigenvalue weighted by Crippen LogP contribution is 2.59. The van der Waals surface area contributed by atoms with Crippen LogP contribution in [0.4, 0.5) is 48.3 Å². The number of methoxy groups -OCH3 is 1. The second-order valence-corrected chi connectivity index (χ2v) is 6.45. The highest BCUT2D eigenvalue weighted by Gasteiger charge is 2.87. The predicted molar refractivity (Wildman–Crippen MR) is 77.8 cm³/mol. The molecule has 0 aromatic heterocycles. The van der Waals surface area contributed by atoms with Gasteiger partial charge in [0.05, 0.1) is 24.7 Å². The normalized spacial score (nSPS) is 16.2. The van der Waals surface area contributed by atoms with Crippen molar-refractivity contribution in [2.75, 3.05) is 7.11 Å². The van der Waals surface area contributed by atoms with Crippen molar-refractivity contribution in [2.24, 2.45) is 0 Å². The van der Waals surface area contributed by atoms with Crippen LogP contribution in [-0.4, -0.2) is 48.1 Å². The van der Waals surface area contributed by atoms with Crippen molar-refractivity contribution in [3.05, 3.63) is 35.4 Å². The van der Waals surface area contributed by atoms with Crippen molar-refractivity contribution >= 4 is 5.97 Å². The minimum absolute atomic E-state index is 0.382. The number of hydrogen-bond acceptors (Lipinski definition) is 3. The van der Waals surface area contributed by atoms with Crippen LogP contribution in [-0.2, 0) is 10.3 Å². The molecule has 1 aromatic carbocycles. The molecule has 0 aliphatic carbocycles. The lowest BCUT2D eigenvalue weighted by Gasteiger charge is -2.39. The van der Waals surface area contributed by atoms with Gasteiger partial charge >= 0.3 is 35.8 Å². The van der Waals surface area contributed by atoms with Crippen molar-refractivity contribution in [3.8, 4) is 0 Å². The predicted octanol–water partition coefficient (Wildman–Crippen LogP) is 5.17. The smallest absolute Gasteiger partial charge is 0.460 e. The van der Waals surface area contributed by atoms with E-state index in [-0.39, 0.29) is 5.56 Å². The SMILES string of the molecule is COC(=O)c1cccc(C(C)(O)CC(F)(F)C(F)(F)C(F)(F)C(F)(F)C(F)(F)F)c1. The number of ether oxygens (including phenoxy) is 1. The molecule has 1 aromatic rings. The van der Waals surface area contributed by atoms with Gasteiger partial charge in [0.25, 0.3) is 0 Å². The third-order valence-corrected chi connectivity index (χ3v) is 4.08. The van der Waals surface area contributed by atoms with Crippen molar-refractivity contribution in [3.63, 3.8) is 0 Å². The lowest BCUT2D eigenvalue weighted by Crippen LogP contribution is -2.67. The second-order valence-electron chi connectivity index (χ2n) is 6.45. The van der Waals surface area contributed by atoms with Gasteiger partial charge in [-0.1, -0.05) is 12.1 Å². The number of hydrogen-bond donors (Lipinski definition) is 1. The van der Waals surface area contributed by atoms with E-state index in [0.29, 0.717) is 13.0 Å². The van der Waals surface area contributed by atoms with Crippen LogP contribution in [0, 0.1) is 0 Å². The molecule has 14 heteroatoms. The first-order valence-electron chi connectivity index (χ1n) is 7.65. The highest BCUT2D eigenvalue weighted by molar-refractivity contribution is 5.89.